The minimum absolute atomic E-state index is 0.819. The summed E-state index contributed by atoms with van der Waals surface area (Å²) in [7, 11) is 3.87. The fourth-order valence-corrected chi connectivity index (χ4v) is 1.56. The topological polar surface area (TPSA) is 39.5 Å². The van der Waals surface area contributed by atoms with Crippen LogP contribution in [0.4, 0.5) is 0 Å². The molecule has 0 spiro atoms. The molecule has 0 atom stereocenters. The molecule has 1 rings (SSSR count). The highest BCUT2D eigenvalue weighted by molar-refractivity contribution is 5.19. The van der Waals surface area contributed by atoms with Gasteiger partial charge in [0.25, 0.3) is 0 Å². The number of hydrogen-bond acceptors (Lipinski definition) is 4. The van der Waals surface area contributed by atoms with E-state index in [1.807, 2.05) is 25.2 Å². The molecule has 0 aliphatic carbocycles. The van der Waals surface area contributed by atoms with E-state index in [4.69, 9.17) is 10.00 Å². The van der Waals surface area contributed by atoms with Gasteiger partial charge in [0.05, 0.1) is 19.3 Å². The largest absolute Gasteiger partial charge is 0.383 e. The highest BCUT2D eigenvalue weighted by atomic mass is 16.5. The summed E-state index contributed by atoms with van der Waals surface area (Å²) < 4.78 is 5.27. The van der Waals surface area contributed by atoms with Gasteiger partial charge in [-0.25, -0.2) is 0 Å². The summed E-state index contributed by atoms with van der Waals surface area (Å²) in [6.07, 6.45) is 2.72. The van der Waals surface area contributed by atoms with Crippen LogP contribution in [0.3, 0.4) is 0 Å². The summed E-state index contributed by atoms with van der Waals surface area (Å²) in [6.45, 7) is 4.57. The molecule has 1 aliphatic rings. The molecule has 15 heavy (non-hydrogen) atoms. The van der Waals surface area contributed by atoms with Gasteiger partial charge in [-0.15, -0.1) is 0 Å². The van der Waals surface area contributed by atoms with Gasteiger partial charge < -0.3 is 9.64 Å². The molecule has 1 heterocycles. The Morgan fingerprint density at radius 3 is 2.67 bits per heavy atom. The summed E-state index contributed by atoms with van der Waals surface area (Å²) in [5, 5.41) is 8.92. The van der Waals surface area contributed by atoms with E-state index >= 15 is 0 Å². The Kier molecular flexibility index (Phi) is 5.16. The van der Waals surface area contributed by atoms with Crippen LogP contribution in [-0.2, 0) is 4.74 Å². The van der Waals surface area contributed by atoms with Crippen LogP contribution >= 0.6 is 0 Å². The summed E-state index contributed by atoms with van der Waals surface area (Å²) in [6, 6.07) is 2.23. The minimum Gasteiger partial charge on any atom is -0.383 e. The van der Waals surface area contributed by atoms with Gasteiger partial charge in [0.2, 0.25) is 0 Å². The van der Waals surface area contributed by atoms with Gasteiger partial charge in [-0.05, 0) is 6.42 Å². The van der Waals surface area contributed by atoms with E-state index in [2.05, 4.69) is 11.0 Å². The van der Waals surface area contributed by atoms with Crippen LogP contribution < -0.4 is 0 Å². The number of hydrogen-bond donors (Lipinski definition) is 0. The van der Waals surface area contributed by atoms with Gasteiger partial charge in [0.15, 0.2) is 0 Å². The number of ether oxygens (including phenoxy) is 1. The van der Waals surface area contributed by atoms with Gasteiger partial charge in [-0.2, -0.15) is 5.26 Å². The molecule has 0 unspecified atom stereocenters. The van der Waals surface area contributed by atoms with E-state index < -0.39 is 0 Å². The van der Waals surface area contributed by atoms with Crippen LogP contribution in [0.2, 0.25) is 0 Å². The van der Waals surface area contributed by atoms with Crippen molar-refractivity contribution in [3.05, 3.63) is 11.8 Å². The van der Waals surface area contributed by atoms with E-state index in [0.29, 0.717) is 0 Å². The second-order valence-electron chi connectivity index (χ2n) is 3.93. The lowest BCUT2D eigenvalue weighted by Gasteiger charge is -2.26. The molecule has 0 radical (unpaired) electrons. The number of nitrogens with zero attached hydrogens (tertiary/aromatic N) is 3. The molecule has 0 aromatic carbocycles. The van der Waals surface area contributed by atoms with Crippen molar-refractivity contribution in [1.82, 2.24) is 9.80 Å². The fourth-order valence-electron chi connectivity index (χ4n) is 1.56. The first-order valence-corrected chi connectivity index (χ1v) is 5.29. The predicted octanol–water partition coefficient (Wildman–Crippen LogP) is 0.678. The number of nitriles is 1. The van der Waals surface area contributed by atoms with E-state index in [0.717, 1.165) is 44.8 Å². The molecule has 0 bridgehead atoms. The van der Waals surface area contributed by atoms with Crippen LogP contribution in [0.1, 0.15) is 6.42 Å². The van der Waals surface area contributed by atoms with Crippen molar-refractivity contribution in [2.45, 2.75) is 6.42 Å². The van der Waals surface area contributed by atoms with Crippen molar-refractivity contribution in [2.75, 3.05) is 46.9 Å². The Hall–Kier alpha value is -1.05. The first-order valence-electron chi connectivity index (χ1n) is 5.29. The van der Waals surface area contributed by atoms with Crippen LogP contribution in [0.15, 0.2) is 11.8 Å². The molecule has 0 saturated carbocycles. The zero-order valence-corrected chi connectivity index (χ0v) is 9.57. The Morgan fingerprint density at radius 2 is 2.13 bits per heavy atom. The van der Waals surface area contributed by atoms with Crippen LogP contribution in [-0.4, -0.2) is 56.7 Å². The zero-order chi connectivity index (χ0) is 11.1. The summed E-state index contributed by atoms with van der Waals surface area (Å²) in [4.78, 5) is 4.25. The Morgan fingerprint density at radius 1 is 1.47 bits per heavy atom. The van der Waals surface area contributed by atoms with Crippen LogP contribution in [0.5, 0.6) is 0 Å². The molecule has 0 N–H and O–H groups in total. The van der Waals surface area contributed by atoms with E-state index in [1.54, 1.807) is 0 Å². The Bertz CT molecular complexity index is 249. The van der Waals surface area contributed by atoms with Crippen molar-refractivity contribution in [1.29, 1.82) is 5.26 Å². The third kappa shape index (κ3) is 4.82. The lowest BCUT2D eigenvalue weighted by Crippen LogP contribution is -2.36. The normalized spacial score (nSPS) is 18.6. The molecule has 1 fully saturated rings. The second kappa shape index (κ2) is 6.44. The molecule has 0 amide bonds. The highest BCUT2D eigenvalue weighted by Gasteiger charge is 2.10. The predicted molar refractivity (Wildman–Crippen MR) is 59.3 cm³/mol. The molecular formula is C11H19N3O. The van der Waals surface area contributed by atoms with Gasteiger partial charge in [0.1, 0.15) is 0 Å². The number of rotatable bonds is 4. The maximum absolute atomic E-state index is 8.92. The molecule has 1 saturated heterocycles. The molecule has 84 valence electrons. The lowest BCUT2D eigenvalue weighted by atomic mass is 10.2. The molecule has 0 aromatic rings. The van der Waals surface area contributed by atoms with E-state index in [9.17, 15) is 0 Å². The lowest BCUT2D eigenvalue weighted by molar-refractivity contribution is 0.0385. The molecule has 0 aromatic heterocycles. The average molecular weight is 209 g/mol. The quantitative estimate of drug-likeness (QED) is 0.638. The maximum atomic E-state index is 8.92. The van der Waals surface area contributed by atoms with Crippen molar-refractivity contribution in [3.8, 4) is 6.07 Å². The average Bonchev–Trinajstić information content (AvgIpc) is 2.25. The zero-order valence-electron chi connectivity index (χ0n) is 9.57. The van der Waals surface area contributed by atoms with Crippen LogP contribution in [0, 0.1) is 11.3 Å². The maximum Gasteiger partial charge on any atom is 0.0962 e. The fraction of sp³-hybridized carbons (Fsp3) is 0.727. The summed E-state index contributed by atoms with van der Waals surface area (Å²) in [5.74, 6) is 0. The third-order valence-electron chi connectivity index (χ3n) is 2.36. The molecule has 4 nitrogen and oxygen atoms in total. The Labute approximate surface area is 91.7 Å². The minimum atomic E-state index is 0.819. The first-order chi connectivity index (χ1) is 7.22. The molecule has 1 aliphatic heterocycles. The molecule has 4 heteroatoms. The van der Waals surface area contributed by atoms with Gasteiger partial charge >= 0.3 is 0 Å². The smallest absolute Gasteiger partial charge is 0.0962 e. The van der Waals surface area contributed by atoms with E-state index in [1.165, 1.54) is 0 Å². The standard InChI is InChI=1S/C11H19N3O/c1-13(2)10-11(9-12)3-4-14-5-7-15-8-6-14/h10H,3-8H2,1-2H3/b11-10-. The number of morpholine rings is 1. The summed E-state index contributed by atoms with van der Waals surface area (Å²) in [5.41, 5.74) is 0.839. The van der Waals surface area contributed by atoms with Crippen LogP contribution in [0.25, 0.3) is 0 Å². The SMILES string of the molecule is CN(C)/C=C(\C#N)CCN1CCOCC1. The second-order valence-corrected chi connectivity index (χ2v) is 3.93. The third-order valence-corrected chi connectivity index (χ3v) is 2.36. The van der Waals surface area contributed by atoms with Crippen molar-refractivity contribution < 1.29 is 4.74 Å². The van der Waals surface area contributed by atoms with Gasteiger partial charge in [-0.1, -0.05) is 0 Å². The Balaban J connectivity index is 2.31. The van der Waals surface area contributed by atoms with Crippen molar-refractivity contribution in [2.24, 2.45) is 0 Å². The first kappa shape index (κ1) is 12.0. The molecular weight excluding hydrogens is 190 g/mol. The van der Waals surface area contributed by atoms with E-state index in [-0.39, 0.29) is 0 Å². The summed E-state index contributed by atoms with van der Waals surface area (Å²) >= 11 is 0. The van der Waals surface area contributed by atoms with Crippen molar-refractivity contribution in [3.63, 3.8) is 0 Å². The van der Waals surface area contributed by atoms with Gasteiger partial charge in [-0.3, -0.25) is 4.90 Å². The van der Waals surface area contributed by atoms with Gasteiger partial charge in [0, 0.05) is 45.5 Å². The highest BCUT2D eigenvalue weighted by Crippen LogP contribution is 2.05. The van der Waals surface area contributed by atoms with Crippen molar-refractivity contribution >= 4 is 0 Å². The monoisotopic (exact) mass is 209 g/mol.